The van der Waals surface area contributed by atoms with E-state index in [2.05, 4.69) is 0 Å². The number of carbonyl (C=O) groups is 2. The molecule has 0 bridgehead atoms. The van der Waals surface area contributed by atoms with Gasteiger partial charge in [0.25, 0.3) is 5.91 Å². The number of carbonyl (C=O) groups excluding carboxylic acids is 1. The molecule has 1 rings (SSSR count). The van der Waals surface area contributed by atoms with Crippen LogP contribution < -0.4 is 0 Å². The molecule has 0 aliphatic carbocycles. The Kier molecular flexibility index (Phi) is 4.81. The van der Waals surface area contributed by atoms with Crippen LogP contribution in [-0.2, 0) is 4.79 Å². The third-order valence-corrected chi connectivity index (χ3v) is 2.79. The van der Waals surface area contributed by atoms with Gasteiger partial charge in [-0.25, -0.2) is 8.78 Å². The molecular weight excluding hydrogens is 268 g/mol. The van der Waals surface area contributed by atoms with Crippen molar-refractivity contribution in [3.8, 4) is 0 Å². The quantitative estimate of drug-likeness (QED) is 0.925. The van der Waals surface area contributed by atoms with E-state index in [-0.39, 0.29) is 13.0 Å². The van der Waals surface area contributed by atoms with Crippen LogP contribution in [0.2, 0.25) is 0 Å². The van der Waals surface area contributed by atoms with Crippen LogP contribution in [0.4, 0.5) is 8.78 Å². The second kappa shape index (κ2) is 5.98. The molecule has 0 aliphatic heterocycles. The van der Waals surface area contributed by atoms with E-state index in [1.165, 1.54) is 17.0 Å². The molecule has 0 unspecified atom stereocenters. The van der Waals surface area contributed by atoms with Gasteiger partial charge in [-0.1, -0.05) is 6.07 Å². The summed E-state index contributed by atoms with van der Waals surface area (Å²) in [6, 6.07) is 3.34. The van der Waals surface area contributed by atoms with Crippen LogP contribution in [0.25, 0.3) is 0 Å². The van der Waals surface area contributed by atoms with Gasteiger partial charge in [-0.15, -0.1) is 0 Å². The Hall–Kier alpha value is -1.98. The fraction of sp³-hybridized carbons (Fsp3) is 0.429. The largest absolute Gasteiger partial charge is 0.481 e. The van der Waals surface area contributed by atoms with Crippen LogP contribution >= 0.6 is 0 Å². The highest BCUT2D eigenvalue weighted by Crippen LogP contribution is 2.20. The number of benzene rings is 1. The van der Waals surface area contributed by atoms with Gasteiger partial charge in [-0.3, -0.25) is 9.59 Å². The molecule has 4 nitrogen and oxygen atoms in total. The molecule has 0 saturated carbocycles. The van der Waals surface area contributed by atoms with Crippen LogP contribution in [0.5, 0.6) is 0 Å². The van der Waals surface area contributed by atoms with Crippen LogP contribution in [0.3, 0.4) is 0 Å². The standard InChI is InChI=1S/C14H17F2NO3/c1-14(2,3)17(8-7-11(18)19)13(20)9-5-4-6-10(15)12(9)16/h4-6H,7-8H2,1-3H3,(H,18,19). The maximum atomic E-state index is 13.7. The highest BCUT2D eigenvalue weighted by Gasteiger charge is 2.29. The number of carboxylic acid groups (broad SMARTS) is 1. The minimum Gasteiger partial charge on any atom is -0.481 e. The van der Waals surface area contributed by atoms with Crippen LogP contribution in [-0.4, -0.2) is 34.0 Å². The Morgan fingerprint density at radius 3 is 2.35 bits per heavy atom. The van der Waals surface area contributed by atoms with Gasteiger partial charge in [-0.2, -0.15) is 0 Å². The van der Waals surface area contributed by atoms with Crippen LogP contribution in [0.15, 0.2) is 18.2 Å². The molecule has 0 aromatic heterocycles. The zero-order valence-corrected chi connectivity index (χ0v) is 11.6. The van der Waals surface area contributed by atoms with Crippen molar-refractivity contribution in [2.75, 3.05) is 6.54 Å². The highest BCUT2D eigenvalue weighted by molar-refractivity contribution is 5.95. The third-order valence-electron chi connectivity index (χ3n) is 2.79. The molecule has 0 fully saturated rings. The molecule has 6 heteroatoms. The summed E-state index contributed by atoms with van der Waals surface area (Å²) in [6.45, 7) is 5.02. The third kappa shape index (κ3) is 3.76. The number of halogens is 2. The molecule has 1 aromatic rings. The number of carboxylic acids is 1. The van der Waals surface area contributed by atoms with Crippen LogP contribution in [0.1, 0.15) is 37.6 Å². The maximum absolute atomic E-state index is 13.7. The predicted molar refractivity (Wildman–Crippen MR) is 69.4 cm³/mol. The second-order valence-electron chi connectivity index (χ2n) is 5.37. The lowest BCUT2D eigenvalue weighted by molar-refractivity contribution is -0.137. The van der Waals surface area contributed by atoms with Gasteiger partial charge in [0.05, 0.1) is 12.0 Å². The number of hydrogen-bond acceptors (Lipinski definition) is 2. The minimum absolute atomic E-state index is 0.0758. The molecular formula is C14H17F2NO3. The molecule has 0 radical (unpaired) electrons. The first-order chi connectivity index (χ1) is 9.14. The average molecular weight is 285 g/mol. The van der Waals surface area contributed by atoms with Crippen molar-refractivity contribution >= 4 is 11.9 Å². The zero-order chi connectivity index (χ0) is 15.5. The van der Waals surface area contributed by atoms with Crippen molar-refractivity contribution in [3.05, 3.63) is 35.4 Å². The molecule has 1 aromatic carbocycles. The number of aliphatic carboxylic acids is 1. The summed E-state index contributed by atoms with van der Waals surface area (Å²) in [5, 5.41) is 8.71. The maximum Gasteiger partial charge on any atom is 0.305 e. The Bertz CT molecular complexity index is 524. The van der Waals surface area contributed by atoms with E-state index in [0.29, 0.717) is 0 Å². The van der Waals surface area contributed by atoms with E-state index in [4.69, 9.17) is 5.11 Å². The topological polar surface area (TPSA) is 57.6 Å². The molecule has 0 saturated heterocycles. The smallest absolute Gasteiger partial charge is 0.305 e. The number of nitrogens with zero attached hydrogens (tertiary/aromatic N) is 1. The highest BCUT2D eigenvalue weighted by atomic mass is 19.2. The Balaban J connectivity index is 3.10. The van der Waals surface area contributed by atoms with E-state index >= 15 is 0 Å². The summed E-state index contributed by atoms with van der Waals surface area (Å²) in [5.74, 6) is -4.12. The van der Waals surface area contributed by atoms with E-state index in [1.807, 2.05) is 0 Å². The Morgan fingerprint density at radius 2 is 1.85 bits per heavy atom. The van der Waals surface area contributed by atoms with Crippen molar-refractivity contribution in [2.45, 2.75) is 32.7 Å². The summed E-state index contributed by atoms with van der Waals surface area (Å²) >= 11 is 0. The molecule has 0 atom stereocenters. The van der Waals surface area contributed by atoms with Crippen molar-refractivity contribution in [2.24, 2.45) is 0 Å². The number of hydrogen-bond donors (Lipinski definition) is 1. The lowest BCUT2D eigenvalue weighted by Gasteiger charge is -2.35. The van der Waals surface area contributed by atoms with Crippen molar-refractivity contribution in [1.29, 1.82) is 0 Å². The molecule has 1 amide bonds. The monoisotopic (exact) mass is 285 g/mol. The number of rotatable bonds is 4. The average Bonchev–Trinajstić information content (AvgIpc) is 2.30. The normalized spacial score (nSPS) is 11.2. The van der Waals surface area contributed by atoms with E-state index < -0.39 is 34.6 Å². The molecule has 0 aliphatic rings. The zero-order valence-electron chi connectivity index (χ0n) is 11.6. The Labute approximate surface area is 116 Å². The summed E-state index contributed by atoms with van der Waals surface area (Å²) in [6.07, 6.45) is -0.264. The Morgan fingerprint density at radius 1 is 1.25 bits per heavy atom. The lowest BCUT2D eigenvalue weighted by Crippen LogP contribution is -2.47. The summed E-state index contributed by atoms with van der Waals surface area (Å²) in [7, 11) is 0. The van der Waals surface area contributed by atoms with Gasteiger partial charge in [0.2, 0.25) is 0 Å². The van der Waals surface area contributed by atoms with E-state index in [9.17, 15) is 18.4 Å². The first-order valence-corrected chi connectivity index (χ1v) is 6.12. The van der Waals surface area contributed by atoms with Crippen LogP contribution in [0, 0.1) is 11.6 Å². The van der Waals surface area contributed by atoms with Gasteiger partial charge in [0.1, 0.15) is 0 Å². The van der Waals surface area contributed by atoms with Crippen molar-refractivity contribution in [3.63, 3.8) is 0 Å². The summed E-state index contributed by atoms with van der Waals surface area (Å²) in [4.78, 5) is 24.2. The molecule has 0 spiro atoms. The van der Waals surface area contributed by atoms with E-state index in [1.54, 1.807) is 20.8 Å². The van der Waals surface area contributed by atoms with E-state index in [0.717, 1.165) is 6.07 Å². The number of amides is 1. The van der Waals surface area contributed by atoms with Gasteiger partial charge in [-0.05, 0) is 32.9 Å². The molecule has 20 heavy (non-hydrogen) atoms. The first-order valence-electron chi connectivity index (χ1n) is 6.12. The fourth-order valence-corrected chi connectivity index (χ4v) is 1.76. The summed E-state index contributed by atoms with van der Waals surface area (Å²) in [5.41, 5.74) is -1.10. The van der Waals surface area contributed by atoms with Crippen molar-refractivity contribution in [1.82, 2.24) is 4.90 Å². The second-order valence-corrected chi connectivity index (χ2v) is 5.37. The van der Waals surface area contributed by atoms with Gasteiger partial charge < -0.3 is 10.0 Å². The fourth-order valence-electron chi connectivity index (χ4n) is 1.76. The summed E-state index contributed by atoms with van der Waals surface area (Å²) < 4.78 is 26.8. The van der Waals surface area contributed by atoms with Gasteiger partial charge in [0.15, 0.2) is 11.6 Å². The SMILES string of the molecule is CC(C)(C)N(CCC(=O)O)C(=O)c1cccc(F)c1F. The van der Waals surface area contributed by atoms with Gasteiger partial charge in [0, 0.05) is 12.1 Å². The molecule has 0 heterocycles. The molecule has 110 valence electrons. The lowest BCUT2D eigenvalue weighted by atomic mass is 10.0. The first kappa shape index (κ1) is 16.1. The molecule has 1 N–H and O–H groups in total. The minimum atomic E-state index is -1.22. The predicted octanol–water partition coefficient (Wildman–Crippen LogP) is 2.68. The van der Waals surface area contributed by atoms with Crippen molar-refractivity contribution < 1.29 is 23.5 Å². The van der Waals surface area contributed by atoms with Gasteiger partial charge >= 0.3 is 5.97 Å².